The summed E-state index contributed by atoms with van der Waals surface area (Å²) in [4.78, 5) is 0. The Labute approximate surface area is 208 Å². The molecule has 4 aliphatic carbocycles. The highest BCUT2D eigenvalue weighted by molar-refractivity contribution is 7.79. The summed E-state index contributed by atoms with van der Waals surface area (Å²) >= 11 is 0. The van der Waals surface area contributed by atoms with E-state index in [1.54, 1.807) is 5.56 Å². The van der Waals surface area contributed by atoms with Crippen molar-refractivity contribution < 1.29 is 0 Å². The second-order valence-electron chi connectivity index (χ2n) is 11.6. The molecule has 0 aromatic heterocycles. The SMILES string of the molecule is C1=C(c2ccccc2)c2ccccc2C1=P(C1CCCCC1)(C1CCCCC1)C1CCCCC1. The third kappa shape index (κ3) is 3.99. The summed E-state index contributed by atoms with van der Waals surface area (Å²) in [5.41, 5.74) is 9.05. The molecule has 2 aromatic carbocycles. The van der Waals surface area contributed by atoms with Gasteiger partial charge in [-0.15, -0.1) is 0 Å². The van der Waals surface area contributed by atoms with Crippen LogP contribution in [0.15, 0.2) is 60.7 Å². The van der Waals surface area contributed by atoms with Crippen molar-refractivity contribution in [1.82, 2.24) is 0 Å². The van der Waals surface area contributed by atoms with E-state index in [9.17, 15) is 0 Å². The van der Waals surface area contributed by atoms with Crippen molar-refractivity contribution in [2.75, 3.05) is 0 Å². The molecule has 0 nitrogen and oxygen atoms in total. The molecule has 0 aliphatic heterocycles. The Balaban J connectivity index is 1.65. The maximum absolute atomic E-state index is 2.77. The number of hydrogen-bond acceptors (Lipinski definition) is 0. The summed E-state index contributed by atoms with van der Waals surface area (Å²) < 4.78 is 0. The number of rotatable bonds is 4. The minimum atomic E-state index is -1.32. The molecule has 4 aliphatic rings. The average molecular weight is 471 g/mol. The van der Waals surface area contributed by atoms with Crippen molar-refractivity contribution in [3.8, 4) is 0 Å². The van der Waals surface area contributed by atoms with Crippen LogP contribution in [0.4, 0.5) is 0 Å². The van der Waals surface area contributed by atoms with Crippen molar-refractivity contribution in [1.29, 1.82) is 0 Å². The van der Waals surface area contributed by atoms with E-state index in [1.165, 1.54) is 113 Å². The molecule has 0 spiro atoms. The van der Waals surface area contributed by atoms with E-state index in [4.69, 9.17) is 0 Å². The molecular weight excluding hydrogens is 427 g/mol. The number of allylic oxidation sites excluding steroid dienone is 1. The number of benzene rings is 2. The van der Waals surface area contributed by atoms with E-state index in [0.717, 1.165) is 17.0 Å². The lowest BCUT2D eigenvalue weighted by molar-refractivity contribution is 0.458. The first-order valence-electron chi connectivity index (χ1n) is 14.5. The fraction of sp³-hybridized carbons (Fsp3) is 0.545. The molecular formula is C33H43P. The van der Waals surface area contributed by atoms with E-state index in [1.807, 2.05) is 5.29 Å². The van der Waals surface area contributed by atoms with Gasteiger partial charge in [-0.05, 0) is 89.1 Å². The number of hydrogen-bond donors (Lipinski definition) is 0. The average Bonchev–Trinajstić information content (AvgIpc) is 3.32. The zero-order chi connectivity index (χ0) is 22.8. The topological polar surface area (TPSA) is 0 Å². The first-order chi connectivity index (χ1) is 16.9. The predicted molar refractivity (Wildman–Crippen MR) is 152 cm³/mol. The molecule has 0 radical (unpaired) electrons. The molecule has 2 aromatic rings. The van der Waals surface area contributed by atoms with Crippen molar-refractivity contribution in [2.24, 2.45) is 0 Å². The summed E-state index contributed by atoms with van der Waals surface area (Å²) in [7, 11) is 0. The number of fused-ring (bicyclic) bond motifs is 1. The molecule has 180 valence electrons. The molecule has 1 heteroatoms. The van der Waals surface area contributed by atoms with Gasteiger partial charge in [0.1, 0.15) is 0 Å². The highest BCUT2D eigenvalue weighted by Gasteiger charge is 2.46. The van der Waals surface area contributed by atoms with Crippen LogP contribution >= 0.6 is 6.89 Å². The Morgan fingerprint density at radius 3 is 1.41 bits per heavy atom. The third-order valence-corrected chi connectivity index (χ3v) is 16.2. The first-order valence-corrected chi connectivity index (χ1v) is 16.5. The minimum absolute atomic E-state index is 0.988. The highest BCUT2D eigenvalue weighted by Crippen LogP contribution is 2.71. The maximum Gasteiger partial charge on any atom is -0.00987 e. The van der Waals surface area contributed by atoms with Crippen LogP contribution < -0.4 is 0 Å². The van der Waals surface area contributed by atoms with Gasteiger partial charge >= 0.3 is 0 Å². The Morgan fingerprint density at radius 2 is 0.912 bits per heavy atom. The smallest absolute Gasteiger partial charge is 0.00987 e. The summed E-state index contributed by atoms with van der Waals surface area (Å²) in [5, 5.41) is 1.88. The molecule has 0 bridgehead atoms. The Kier molecular flexibility index (Phi) is 6.89. The fourth-order valence-electron chi connectivity index (χ4n) is 8.42. The van der Waals surface area contributed by atoms with Crippen molar-refractivity contribution in [3.05, 3.63) is 77.4 Å². The minimum Gasteiger partial charge on any atom is -0.0879 e. The zero-order valence-electron chi connectivity index (χ0n) is 21.1. The second kappa shape index (κ2) is 10.2. The van der Waals surface area contributed by atoms with Crippen LogP contribution in [0.3, 0.4) is 0 Å². The van der Waals surface area contributed by atoms with Crippen LogP contribution in [0.5, 0.6) is 0 Å². The lowest BCUT2D eigenvalue weighted by Crippen LogP contribution is -2.34. The Hall–Kier alpha value is -1.52. The Morgan fingerprint density at radius 1 is 0.471 bits per heavy atom. The standard InChI is InChI=1S/C33H43P/c1-5-15-26(16-6-1)32-25-33(31-24-14-13-23-30(31)32)34(27-17-7-2-8-18-27,28-19-9-3-10-20-28)29-21-11-4-12-22-29/h1,5-6,13-16,23-25,27-29H,2-4,7-12,17-22H2. The summed E-state index contributed by atoms with van der Waals surface area (Å²) in [6.07, 6.45) is 25.2. The van der Waals surface area contributed by atoms with E-state index < -0.39 is 6.89 Å². The molecule has 6 rings (SSSR count). The molecule has 0 heterocycles. The van der Waals surface area contributed by atoms with Gasteiger partial charge in [-0.2, -0.15) is 0 Å². The van der Waals surface area contributed by atoms with E-state index in [-0.39, 0.29) is 0 Å². The summed E-state index contributed by atoms with van der Waals surface area (Å²) in [6.45, 7) is -1.32. The summed E-state index contributed by atoms with van der Waals surface area (Å²) in [6, 6.07) is 20.8. The van der Waals surface area contributed by atoms with Crippen LogP contribution in [0.25, 0.3) is 5.57 Å². The molecule has 0 atom stereocenters. The molecule has 3 saturated carbocycles. The van der Waals surface area contributed by atoms with Gasteiger partial charge in [-0.25, -0.2) is 0 Å². The van der Waals surface area contributed by atoms with Gasteiger partial charge in [0, 0.05) is 0 Å². The van der Waals surface area contributed by atoms with Crippen molar-refractivity contribution in [3.63, 3.8) is 0 Å². The fourth-order valence-corrected chi connectivity index (χ4v) is 16.0. The molecule has 0 unspecified atom stereocenters. The van der Waals surface area contributed by atoms with Crippen LogP contribution in [-0.2, 0) is 0 Å². The monoisotopic (exact) mass is 470 g/mol. The van der Waals surface area contributed by atoms with E-state index in [2.05, 4.69) is 60.7 Å². The molecule has 0 N–H and O–H groups in total. The van der Waals surface area contributed by atoms with Crippen LogP contribution in [-0.4, -0.2) is 22.3 Å². The molecule has 0 saturated heterocycles. The molecule has 0 amide bonds. The van der Waals surface area contributed by atoms with Gasteiger partial charge in [-0.1, -0.05) is 119 Å². The largest absolute Gasteiger partial charge is 0.0879 e. The normalized spacial score (nSPS) is 23.1. The van der Waals surface area contributed by atoms with E-state index >= 15 is 0 Å². The molecule has 3 fully saturated rings. The lowest BCUT2D eigenvalue weighted by Gasteiger charge is -2.51. The van der Waals surface area contributed by atoms with E-state index in [0.29, 0.717) is 0 Å². The molecule has 34 heavy (non-hydrogen) atoms. The lowest BCUT2D eigenvalue weighted by atomic mass is 9.99. The van der Waals surface area contributed by atoms with Gasteiger partial charge in [0.2, 0.25) is 0 Å². The van der Waals surface area contributed by atoms with Gasteiger partial charge in [-0.3, -0.25) is 0 Å². The van der Waals surface area contributed by atoms with Gasteiger partial charge in [0.05, 0.1) is 0 Å². The third-order valence-electron chi connectivity index (χ3n) is 9.81. The van der Waals surface area contributed by atoms with Crippen LogP contribution in [0, 0.1) is 0 Å². The maximum atomic E-state index is 2.77. The van der Waals surface area contributed by atoms with Crippen LogP contribution in [0.1, 0.15) is 113 Å². The van der Waals surface area contributed by atoms with Crippen LogP contribution in [0.2, 0.25) is 0 Å². The zero-order valence-corrected chi connectivity index (χ0v) is 22.0. The van der Waals surface area contributed by atoms with Crippen molar-refractivity contribution >= 4 is 17.8 Å². The quantitative estimate of drug-likeness (QED) is 0.390. The highest BCUT2D eigenvalue weighted by atomic mass is 31.2. The van der Waals surface area contributed by atoms with Gasteiger partial charge in [0.25, 0.3) is 0 Å². The Bertz CT molecular complexity index is 1000. The van der Waals surface area contributed by atoms with Crippen molar-refractivity contribution in [2.45, 2.75) is 113 Å². The summed E-state index contributed by atoms with van der Waals surface area (Å²) in [5.74, 6) is 0. The van der Waals surface area contributed by atoms with Gasteiger partial charge < -0.3 is 0 Å². The predicted octanol–water partition coefficient (Wildman–Crippen LogP) is 9.67. The van der Waals surface area contributed by atoms with Gasteiger partial charge in [0.15, 0.2) is 0 Å². The second-order valence-corrected chi connectivity index (χ2v) is 15.9. The first kappa shape index (κ1) is 22.9.